The monoisotopic (exact) mass is 277 g/mol. The lowest BCUT2D eigenvalue weighted by Gasteiger charge is -2.30. The van der Waals surface area contributed by atoms with Crippen LogP contribution in [0.25, 0.3) is 0 Å². The Morgan fingerprint density at radius 3 is 2.75 bits per heavy atom. The Hall–Kier alpha value is -1.59. The van der Waals surface area contributed by atoms with Crippen molar-refractivity contribution in [2.75, 3.05) is 33.0 Å². The first-order valence-corrected chi connectivity index (χ1v) is 7.02. The van der Waals surface area contributed by atoms with Gasteiger partial charge in [-0.25, -0.2) is 0 Å². The van der Waals surface area contributed by atoms with Crippen LogP contribution < -0.4 is 9.47 Å². The number of ether oxygens (including phenoxy) is 2. The zero-order chi connectivity index (χ0) is 13.9. The van der Waals surface area contributed by atoms with Crippen LogP contribution in [0.3, 0.4) is 0 Å². The maximum absolute atomic E-state index is 12.3. The van der Waals surface area contributed by atoms with Gasteiger partial charge in [-0.3, -0.25) is 9.69 Å². The van der Waals surface area contributed by atoms with E-state index in [1.54, 1.807) is 18.2 Å². The van der Waals surface area contributed by atoms with E-state index in [0.29, 0.717) is 29.5 Å². The van der Waals surface area contributed by atoms with Crippen molar-refractivity contribution in [2.24, 2.45) is 5.92 Å². The van der Waals surface area contributed by atoms with E-state index in [0.717, 1.165) is 25.9 Å². The summed E-state index contributed by atoms with van der Waals surface area (Å²) in [5.74, 6) is 1.85. The van der Waals surface area contributed by atoms with Crippen LogP contribution in [0.2, 0.25) is 0 Å². The van der Waals surface area contributed by atoms with Crippen molar-refractivity contribution < 1.29 is 19.4 Å². The molecular formula is C15H19NO4. The number of rotatable bonds is 4. The summed E-state index contributed by atoms with van der Waals surface area (Å²) in [4.78, 5) is 14.4. The summed E-state index contributed by atoms with van der Waals surface area (Å²) < 4.78 is 10.5. The Bertz CT molecular complexity index is 495. The Labute approximate surface area is 118 Å². The number of likely N-dealkylation sites (tertiary alicyclic amines) is 1. The number of benzene rings is 1. The van der Waals surface area contributed by atoms with Crippen LogP contribution in [-0.2, 0) is 0 Å². The molecule has 1 aromatic rings. The van der Waals surface area contributed by atoms with Gasteiger partial charge >= 0.3 is 0 Å². The molecule has 20 heavy (non-hydrogen) atoms. The first-order valence-electron chi connectivity index (χ1n) is 7.02. The van der Waals surface area contributed by atoms with Gasteiger partial charge in [0.2, 0.25) is 6.79 Å². The second-order valence-corrected chi connectivity index (χ2v) is 5.39. The van der Waals surface area contributed by atoms with Crippen LogP contribution in [0.4, 0.5) is 0 Å². The fourth-order valence-corrected chi connectivity index (χ4v) is 2.69. The van der Waals surface area contributed by atoms with Gasteiger partial charge in [-0.2, -0.15) is 0 Å². The SMILES string of the molecule is O=C(CN1CCC(CO)CC1)c1ccc2c(c1)OCO2. The van der Waals surface area contributed by atoms with Crippen molar-refractivity contribution in [3.63, 3.8) is 0 Å². The minimum Gasteiger partial charge on any atom is -0.454 e. The van der Waals surface area contributed by atoms with Gasteiger partial charge in [0.05, 0.1) is 6.54 Å². The molecule has 1 N–H and O–H groups in total. The Morgan fingerprint density at radius 1 is 1.25 bits per heavy atom. The molecule has 0 aromatic heterocycles. The first kappa shape index (κ1) is 13.4. The molecule has 5 nitrogen and oxygen atoms in total. The average Bonchev–Trinajstić information content (AvgIpc) is 2.95. The number of piperidine rings is 1. The summed E-state index contributed by atoms with van der Waals surface area (Å²) in [6, 6.07) is 5.33. The smallest absolute Gasteiger partial charge is 0.231 e. The van der Waals surface area contributed by atoms with Crippen LogP contribution in [0, 0.1) is 5.92 Å². The second kappa shape index (κ2) is 5.81. The van der Waals surface area contributed by atoms with E-state index >= 15 is 0 Å². The zero-order valence-electron chi connectivity index (χ0n) is 11.4. The van der Waals surface area contributed by atoms with Gasteiger partial charge in [0.25, 0.3) is 0 Å². The predicted molar refractivity (Wildman–Crippen MR) is 73.1 cm³/mol. The average molecular weight is 277 g/mol. The molecule has 0 saturated carbocycles. The first-order chi connectivity index (χ1) is 9.76. The van der Waals surface area contributed by atoms with E-state index in [4.69, 9.17) is 14.6 Å². The Kier molecular flexibility index (Phi) is 3.89. The summed E-state index contributed by atoms with van der Waals surface area (Å²) in [6.07, 6.45) is 1.93. The van der Waals surface area contributed by atoms with Crippen molar-refractivity contribution in [1.29, 1.82) is 0 Å². The molecule has 5 heteroatoms. The summed E-state index contributed by atoms with van der Waals surface area (Å²) in [6.45, 7) is 2.66. The van der Waals surface area contributed by atoms with E-state index in [1.165, 1.54) is 0 Å². The third-order valence-corrected chi connectivity index (χ3v) is 4.03. The zero-order valence-corrected chi connectivity index (χ0v) is 11.4. The van der Waals surface area contributed by atoms with Gasteiger partial charge in [-0.05, 0) is 50.0 Å². The molecule has 3 rings (SSSR count). The number of fused-ring (bicyclic) bond motifs is 1. The molecule has 0 atom stereocenters. The maximum atomic E-state index is 12.3. The lowest BCUT2D eigenvalue weighted by Crippen LogP contribution is -2.38. The van der Waals surface area contributed by atoms with Gasteiger partial charge in [0.1, 0.15) is 0 Å². The van der Waals surface area contributed by atoms with Gasteiger partial charge < -0.3 is 14.6 Å². The summed E-state index contributed by atoms with van der Waals surface area (Å²) in [5.41, 5.74) is 0.665. The Balaban J connectivity index is 1.59. The molecule has 0 aliphatic carbocycles. The van der Waals surface area contributed by atoms with Gasteiger partial charge in [0.15, 0.2) is 17.3 Å². The Morgan fingerprint density at radius 2 is 2.00 bits per heavy atom. The van der Waals surface area contributed by atoms with E-state index in [9.17, 15) is 4.79 Å². The fourth-order valence-electron chi connectivity index (χ4n) is 2.69. The molecule has 0 spiro atoms. The molecule has 2 heterocycles. The molecule has 1 saturated heterocycles. The van der Waals surface area contributed by atoms with Crippen molar-refractivity contribution in [1.82, 2.24) is 4.90 Å². The number of hydrogen-bond donors (Lipinski definition) is 1. The third kappa shape index (κ3) is 2.78. The summed E-state index contributed by atoms with van der Waals surface area (Å²) >= 11 is 0. The van der Waals surface area contributed by atoms with Crippen LogP contribution in [0.1, 0.15) is 23.2 Å². The molecule has 0 unspecified atom stereocenters. The summed E-state index contributed by atoms with van der Waals surface area (Å²) in [7, 11) is 0. The van der Waals surface area contributed by atoms with Gasteiger partial charge in [0, 0.05) is 12.2 Å². The standard InChI is InChI=1S/C15H19NO4/c17-9-11-3-5-16(6-4-11)8-13(18)12-1-2-14-15(7-12)20-10-19-14/h1-2,7,11,17H,3-6,8-10H2. The summed E-state index contributed by atoms with van der Waals surface area (Å²) in [5, 5.41) is 9.12. The van der Waals surface area contributed by atoms with Crippen molar-refractivity contribution in [3.8, 4) is 11.5 Å². The molecule has 0 bridgehead atoms. The highest BCUT2D eigenvalue weighted by Crippen LogP contribution is 2.32. The largest absolute Gasteiger partial charge is 0.454 e. The number of aliphatic hydroxyl groups is 1. The number of nitrogens with zero attached hydrogens (tertiary/aromatic N) is 1. The van der Waals surface area contributed by atoms with Crippen LogP contribution in [0.15, 0.2) is 18.2 Å². The van der Waals surface area contributed by atoms with Gasteiger partial charge in [-0.15, -0.1) is 0 Å². The number of hydrogen-bond acceptors (Lipinski definition) is 5. The van der Waals surface area contributed by atoms with Crippen LogP contribution >= 0.6 is 0 Å². The fraction of sp³-hybridized carbons (Fsp3) is 0.533. The van der Waals surface area contributed by atoms with E-state index < -0.39 is 0 Å². The lowest BCUT2D eigenvalue weighted by molar-refractivity contribution is 0.0863. The minimum atomic E-state index is 0.103. The second-order valence-electron chi connectivity index (χ2n) is 5.39. The lowest BCUT2D eigenvalue weighted by atomic mass is 9.97. The molecule has 1 aromatic carbocycles. The number of ketones is 1. The highest BCUT2D eigenvalue weighted by molar-refractivity contribution is 5.98. The number of aliphatic hydroxyl groups excluding tert-OH is 1. The normalized spacial score (nSPS) is 19.2. The minimum absolute atomic E-state index is 0.103. The number of Topliss-reactive ketones (excluding diaryl/α,β-unsaturated/α-hetero) is 1. The molecular weight excluding hydrogens is 258 g/mol. The molecule has 108 valence electrons. The molecule has 2 aliphatic rings. The molecule has 0 amide bonds. The van der Waals surface area contributed by atoms with E-state index in [2.05, 4.69) is 4.90 Å². The van der Waals surface area contributed by atoms with Crippen molar-refractivity contribution in [2.45, 2.75) is 12.8 Å². The number of carbonyl (C=O) groups is 1. The molecule has 0 radical (unpaired) electrons. The predicted octanol–water partition coefficient (Wildman–Crippen LogP) is 1.30. The quantitative estimate of drug-likeness (QED) is 0.841. The highest BCUT2D eigenvalue weighted by Gasteiger charge is 2.22. The van der Waals surface area contributed by atoms with Crippen molar-refractivity contribution in [3.05, 3.63) is 23.8 Å². The highest BCUT2D eigenvalue weighted by atomic mass is 16.7. The molecule has 2 aliphatic heterocycles. The van der Waals surface area contributed by atoms with Crippen LogP contribution in [0.5, 0.6) is 11.5 Å². The topological polar surface area (TPSA) is 59.0 Å². The maximum Gasteiger partial charge on any atom is 0.231 e. The van der Waals surface area contributed by atoms with E-state index in [1.807, 2.05) is 0 Å². The number of carbonyl (C=O) groups excluding carboxylic acids is 1. The third-order valence-electron chi connectivity index (χ3n) is 4.03. The van der Waals surface area contributed by atoms with Crippen LogP contribution in [-0.4, -0.2) is 48.8 Å². The molecule has 1 fully saturated rings. The van der Waals surface area contributed by atoms with Gasteiger partial charge in [-0.1, -0.05) is 0 Å². The van der Waals surface area contributed by atoms with E-state index in [-0.39, 0.29) is 19.2 Å². The van der Waals surface area contributed by atoms with Crippen molar-refractivity contribution >= 4 is 5.78 Å².